The van der Waals surface area contributed by atoms with E-state index in [2.05, 4.69) is 40.7 Å². The van der Waals surface area contributed by atoms with Crippen LogP contribution in [0.4, 0.5) is 26.7 Å². The number of nitrogens with zero attached hydrogens (tertiary/aromatic N) is 3. The molecular formula is C23H24FN5O3S2. The van der Waals surface area contributed by atoms with Gasteiger partial charge in [-0.15, -0.1) is 11.3 Å². The average Bonchev–Trinajstić information content (AvgIpc) is 3.47. The van der Waals surface area contributed by atoms with Crippen molar-refractivity contribution in [2.45, 2.75) is 31.1 Å². The van der Waals surface area contributed by atoms with Gasteiger partial charge in [-0.2, -0.15) is 5.10 Å². The molecule has 2 aromatic heterocycles. The molecule has 0 fully saturated rings. The average molecular weight is 502 g/mol. The lowest BCUT2D eigenvalue weighted by Gasteiger charge is -2.29. The quantitative estimate of drug-likeness (QED) is 0.343. The summed E-state index contributed by atoms with van der Waals surface area (Å²) >= 11 is 1.10. The van der Waals surface area contributed by atoms with Crippen LogP contribution in [-0.2, 0) is 15.4 Å². The molecule has 11 heteroatoms. The molecule has 0 atom stereocenters. The van der Waals surface area contributed by atoms with Crippen molar-refractivity contribution in [2.75, 3.05) is 16.7 Å². The van der Waals surface area contributed by atoms with Crippen molar-refractivity contribution >= 4 is 43.7 Å². The maximum atomic E-state index is 15.2. The van der Waals surface area contributed by atoms with Gasteiger partial charge in [-0.3, -0.25) is 14.7 Å². The van der Waals surface area contributed by atoms with Gasteiger partial charge in [0.05, 0.1) is 24.7 Å². The van der Waals surface area contributed by atoms with Crippen LogP contribution in [-0.4, -0.2) is 30.7 Å². The lowest BCUT2D eigenvalue weighted by atomic mass is 9.86. The summed E-state index contributed by atoms with van der Waals surface area (Å²) in [6.45, 7) is 6.22. The fourth-order valence-electron chi connectivity index (χ4n) is 3.58. The first-order valence-electron chi connectivity index (χ1n) is 10.3. The third-order valence-corrected chi connectivity index (χ3v) is 7.28. The topological polar surface area (TPSA) is 100 Å². The molecule has 0 aliphatic heterocycles. The molecule has 2 heterocycles. The predicted molar refractivity (Wildman–Crippen MR) is 131 cm³/mol. The molecule has 0 aliphatic rings. The second kappa shape index (κ2) is 9.07. The zero-order chi connectivity index (χ0) is 24.5. The monoisotopic (exact) mass is 501 g/mol. The van der Waals surface area contributed by atoms with Crippen LogP contribution in [0.15, 0.2) is 65.1 Å². The number of aromatic amines is 1. The Labute approximate surface area is 201 Å². The van der Waals surface area contributed by atoms with Gasteiger partial charge in [-0.1, -0.05) is 32.9 Å². The maximum Gasteiger partial charge on any atom is 0.266 e. The first kappa shape index (κ1) is 23.7. The second-order valence-corrected chi connectivity index (χ2v) is 11.0. The number of sulfonamides is 1. The number of aromatic nitrogens is 3. The minimum Gasteiger partial charge on any atom is -0.494 e. The Morgan fingerprint density at radius 2 is 1.94 bits per heavy atom. The van der Waals surface area contributed by atoms with E-state index in [0.29, 0.717) is 22.9 Å². The van der Waals surface area contributed by atoms with E-state index in [1.54, 1.807) is 29.7 Å². The molecule has 0 saturated heterocycles. The molecule has 0 radical (unpaired) electrons. The molecule has 2 N–H and O–H groups in total. The van der Waals surface area contributed by atoms with Crippen molar-refractivity contribution in [1.82, 2.24) is 15.2 Å². The number of halogens is 1. The van der Waals surface area contributed by atoms with E-state index in [1.165, 1.54) is 24.4 Å². The van der Waals surface area contributed by atoms with E-state index in [9.17, 15) is 8.42 Å². The summed E-state index contributed by atoms with van der Waals surface area (Å²) in [5.74, 6) is 0.268. The van der Waals surface area contributed by atoms with E-state index in [0.717, 1.165) is 16.9 Å². The molecule has 8 nitrogen and oxygen atoms in total. The zero-order valence-corrected chi connectivity index (χ0v) is 20.7. The van der Waals surface area contributed by atoms with Crippen molar-refractivity contribution in [2.24, 2.45) is 0 Å². The smallest absolute Gasteiger partial charge is 0.266 e. The van der Waals surface area contributed by atoms with E-state index < -0.39 is 20.7 Å². The Balaban J connectivity index is 1.83. The van der Waals surface area contributed by atoms with Crippen molar-refractivity contribution in [3.63, 3.8) is 0 Å². The number of rotatable bonds is 7. The Morgan fingerprint density at radius 1 is 1.15 bits per heavy atom. The van der Waals surface area contributed by atoms with E-state index >= 15 is 4.39 Å². The van der Waals surface area contributed by atoms with Crippen LogP contribution in [0.25, 0.3) is 0 Å². The minimum absolute atomic E-state index is 0.159. The summed E-state index contributed by atoms with van der Waals surface area (Å²) in [5, 5.41) is 8.71. The lowest BCUT2D eigenvalue weighted by molar-refractivity contribution is 0.398. The van der Waals surface area contributed by atoms with Crippen molar-refractivity contribution in [1.29, 1.82) is 0 Å². The number of H-pyrrole nitrogens is 1. The number of ether oxygens (including phenoxy) is 1. The summed E-state index contributed by atoms with van der Waals surface area (Å²) in [7, 11) is -2.57. The standard InChI is InChI=1S/C23H24FN5O3S2/c1-23(2,3)16-6-5-7-18(21(16)32-4)29(20-10-11-26-27-20)15-8-9-19(17(24)14-15)34(30,31)28-22-25-12-13-33-22/h5-14H,1-4H3,(H,25,28)(H,26,27). The van der Waals surface area contributed by atoms with Crippen LogP contribution in [0.1, 0.15) is 26.3 Å². The summed E-state index contributed by atoms with van der Waals surface area (Å²) in [6, 6.07) is 11.4. The molecule has 4 rings (SSSR count). The normalized spacial score (nSPS) is 11.9. The summed E-state index contributed by atoms with van der Waals surface area (Å²) < 4.78 is 48.8. The zero-order valence-electron chi connectivity index (χ0n) is 19.0. The fraction of sp³-hybridized carbons (Fsp3) is 0.217. The molecule has 2 aromatic carbocycles. The van der Waals surface area contributed by atoms with E-state index in [-0.39, 0.29) is 10.5 Å². The van der Waals surface area contributed by atoms with Gasteiger partial charge in [0.25, 0.3) is 10.0 Å². The highest BCUT2D eigenvalue weighted by Gasteiger charge is 2.27. The van der Waals surface area contributed by atoms with Crippen LogP contribution in [0.2, 0.25) is 0 Å². The highest BCUT2D eigenvalue weighted by molar-refractivity contribution is 7.93. The van der Waals surface area contributed by atoms with Crippen molar-refractivity contribution in [3.8, 4) is 5.75 Å². The maximum absolute atomic E-state index is 15.2. The molecule has 0 bridgehead atoms. The van der Waals surface area contributed by atoms with Crippen LogP contribution in [0, 0.1) is 5.82 Å². The number of thiazole rings is 1. The number of benzene rings is 2. The van der Waals surface area contributed by atoms with Crippen LogP contribution in [0.5, 0.6) is 5.75 Å². The largest absolute Gasteiger partial charge is 0.494 e. The number of nitrogens with one attached hydrogen (secondary N) is 2. The van der Waals surface area contributed by atoms with Crippen molar-refractivity contribution in [3.05, 3.63) is 71.6 Å². The van der Waals surface area contributed by atoms with Gasteiger partial charge in [0.1, 0.15) is 22.3 Å². The molecule has 0 unspecified atom stereocenters. The molecule has 34 heavy (non-hydrogen) atoms. The summed E-state index contributed by atoms with van der Waals surface area (Å²) in [4.78, 5) is 5.15. The van der Waals surface area contributed by atoms with Gasteiger partial charge in [0.15, 0.2) is 5.13 Å². The molecule has 0 amide bonds. The number of hydrogen-bond donors (Lipinski definition) is 2. The third-order valence-electron chi connectivity index (χ3n) is 5.09. The van der Waals surface area contributed by atoms with Gasteiger partial charge >= 0.3 is 0 Å². The first-order valence-corrected chi connectivity index (χ1v) is 12.7. The molecule has 0 spiro atoms. The third kappa shape index (κ3) is 4.62. The van der Waals surface area contributed by atoms with Crippen molar-refractivity contribution < 1.29 is 17.5 Å². The Kier molecular flexibility index (Phi) is 6.32. The fourth-order valence-corrected chi connectivity index (χ4v) is 5.43. The van der Waals surface area contributed by atoms with Gasteiger partial charge in [0.2, 0.25) is 0 Å². The number of hydrogen-bond acceptors (Lipinski definition) is 7. The summed E-state index contributed by atoms with van der Waals surface area (Å²) in [6.07, 6.45) is 3.04. The number of para-hydroxylation sites is 1. The predicted octanol–water partition coefficient (Wildman–Crippen LogP) is 5.58. The van der Waals surface area contributed by atoms with E-state index in [1.807, 2.05) is 18.2 Å². The number of anilines is 4. The second-order valence-electron chi connectivity index (χ2n) is 8.44. The first-order chi connectivity index (χ1) is 16.1. The SMILES string of the molecule is COc1c(N(c2ccc(S(=O)(=O)Nc3nccs3)c(F)c2)c2ccn[nH]2)cccc1C(C)(C)C. The highest BCUT2D eigenvalue weighted by atomic mass is 32.2. The Hall–Kier alpha value is -3.44. The summed E-state index contributed by atoms with van der Waals surface area (Å²) in [5.41, 5.74) is 1.78. The number of methoxy groups -OCH3 is 1. The van der Waals surface area contributed by atoms with Gasteiger partial charge < -0.3 is 4.74 Å². The Bertz CT molecular complexity index is 1380. The van der Waals surface area contributed by atoms with E-state index in [4.69, 9.17) is 4.74 Å². The molecule has 0 aliphatic carbocycles. The highest BCUT2D eigenvalue weighted by Crippen LogP contribution is 2.44. The Morgan fingerprint density at radius 3 is 2.53 bits per heavy atom. The molecular weight excluding hydrogens is 477 g/mol. The van der Waals surface area contributed by atoms with Crippen LogP contribution in [0.3, 0.4) is 0 Å². The van der Waals surface area contributed by atoms with Gasteiger partial charge in [0, 0.05) is 23.2 Å². The lowest BCUT2D eigenvalue weighted by Crippen LogP contribution is -2.18. The molecule has 178 valence electrons. The van der Waals surface area contributed by atoms with Crippen LogP contribution >= 0.6 is 11.3 Å². The van der Waals surface area contributed by atoms with Gasteiger partial charge in [-0.05, 0) is 29.7 Å². The van der Waals surface area contributed by atoms with Crippen LogP contribution < -0.4 is 14.4 Å². The molecule has 4 aromatic rings. The molecule has 0 saturated carbocycles. The van der Waals surface area contributed by atoms with Gasteiger partial charge in [-0.25, -0.2) is 17.8 Å². The minimum atomic E-state index is -4.15.